The van der Waals surface area contributed by atoms with Crippen LogP contribution in [0.2, 0.25) is 5.02 Å². The molecule has 2 aromatic heterocycles. The monoisotopic (exact) mass is 538 g/mol. The van der Waals surface area contributed by atoms with E-state index in [0.29, 0.717) is 0 Å². The maximum atomic E-state index is 13.7. The lowest BCUT2D eigenvalue weighted by Crippen LogP contribution is -2.53. The lowest BCUT2D eigenvalue weighted by molar-refractivity contribution is -0.210. The SMILES string of the molecule is OC[C@H]1O[C@@H](c2ncnn2-c2ccc(Cl)cc2O)[C@H](O)[C@@H](n2cc(-c3cc(F)c(F)c(F)c3)nn2)[C@H]1O. The Morgan fingerprint density at radius 1 is 1.05 bits per heavy atom. The van der Waals surface area contributed by atoms with Gasteiger partial charge < -0.3 is 25.2 Å². The van der Waals surface area contributed by atoms with Gasteiger partial charge in [-0.3, -0.25) is 0 Å². The number of aromatic hydroxyl groups is 1. The van der Waals surface area contributed by atoms with Crippen LogP contribution in [0.5, 0.6) is 5.75 Å². The molecule has 0 bridgehead atoms. The van der Waals surface area contributed by atoms with Gasteiger partial charge in [0, 0.05) is 16.7 Å². The number of hydrogen-bond acceptors (Lipinski definition) is 9. The normalized spacial score (nSPS) is 23.9. The van der Waals surface area contributed by atoms with E-state index in [1.165, 1.54) is 29.1 Å². The highest BCUT2D eigenvalue weighted by Gasteiger charge is 2.48. The molecule has 4 aromatic rings. The van der Waals surface area contributed by atoms with Crippen LogP contribution in [0.25, 0.3) is 16.9 Å². The van der Waals surface area contributed by atoms with Crippen LogP contribution in [0.1, 0.15) is 18.0 Å². The van der Waals surface area contributed by atoms with Crippen LogP contribution >= 0.6 is 11.6 Å². The van der Waals surface area contributed by atoms with Crippen molar-refractivity contribution in [3.05, 3.63) is 71.2 Å². The van der Waals surface area contributed by atoms with Crippen LogP contribution in [-0.2, 0) is 4.74 Å². The van der Waals surface area contributed by atoms with Crippen LogP contribution in [0, 0.1) is 17.5 Å². The van der Waals surface area contributed by atoms with Gasteiger partial charge in [0.25, 0.3) is 0 Å². The van der Waals surface area contributed by atoms with Gasteiger partial charge >= 0.3 is 0 Å². The number of rotatable bonds is 5. The lowest BCUT2D eigenvalue weighted by Gasteiger charge is -2.41. The molecule has 4 N–H and O–H groups in total. The first kappa shape index (κ1) is 25.1. The maximum absolute atomic E-state index is 13.7. The van der Waals surface area contributed by atoms with E-state index < -0.39 is 54.5 Å². The quantitative estimate of drug-likeness (QED) is 0.278. The highest BCUT2D eigenvalue weighted by molar-refractivity contribution is 6.30. The van der Waals surface area contributed by atoms with E-state index in [-0.39, 0.29) is 33.5 Å². The number of nitrogens with zero attached hydrogens (tertiary/aromatic N) is 6. The zero-order valence-electron chi connectivity index (χ0n) is 18.5. The summed E-state index contributed by atoms with van der Waals surface area (Å²) in [4.78, 5) is 4.13. The van der Waals surface area contributed by atoms with Gasteiger partial charge in [0.1, 0.15) is 53.9 Å². The minimum absolute atomic E-state index is 0.0171. The summed E-state index contributed by atoms with van der Waals surface area (Å²) < 4.78 is 48.7. The number of halogens is 4. The number of aliphatic hydroxyl groups excluding tert-OH is 3. The van der Waals surface area contributed by atoms with Crippen molar-refractivity contribution in [1.82, 2.24) is 29.8 Å². The zero-order chi connectivity index (χ0) is 26.4. The first-order valence-electron chi connectivity index (χ1n) is 10.8. The molecule has 0 radical (unpaired) electrons. The van der Waals surface area contributed by atoms with Gasteiger partial charge in [-0.05, 0) is 24.3 Å². The number of aromatic nitrogens is 6. The first-order chi connectivity index (χ1) is 17.7. The molecular weight excluding hydrogens is 521 g/mol. The Morgan fingerprint density at radius 2 is 1.78 bits per heavy atom. The van der Waals surface area contributed by atoms with Crippen LogP contribution in [0.15, 0.2) is 42.9 Å². The summed E-state index contributed by atoms with van der Waals surface area (Å²) >= 11 is 5.90. The number of phenols is 1. The molecule has 194 valence electrons. The van der Waals surface area contributed by atoms with E-state index >= 15 is 0 Å². The molecule has 1 saturated heterocycles. The molecule has 1 aliphatic rings. The summed E-state index contributed by atoms with van der Waals surface area (Å²) in [6.07, 6.45) is -3.25. The molecule has 15 heteroatoms. The Balaban J connectivity index is 1.52. The number of aliphatic hydroxyl groups is 3. The molecule has 11 nitrogen and oxygen atoms in total. The Bertz CT molecular complexity index is 1430. The predicted octanol–water partition coefficient (Wildman–Crippen LogP) is 1.70. The van der Waals surface area contributed by atoms with Gasteiger partial charge in [0.2, 0.25) is 0 Å². The van der Waals surface area contributed by atoms with Crippen molar-refractivity contribution in [2.75, 3.05) is 6.61 Å². The Hall–Kier alpha value is -3.56. The molecule has 1 aliphatic heterocycles. The van der Waals surface area contributed by atoms with Crippen molar-refractivity contribution in [1.29, 1.82) is 0 Å². The van der Waals surface area contributed by atoms with Crippen molar-refractivity contribution in [3.8, 4) is 22.7 Å². The van der Waals surface area contributed by atoms with Crippen molar-refractivity contribution >= 4 is 11.6 Å². The average molecular weight is 539 g/mol. The van der Waals surface area contributed by atoms with Crippen molar-refractivity contribution < 1.29 is 38.3 Å². The van der Waals surface area contributed by atoms with Gasteiger partial charge in [-0.25, -0.2) is 27.5 Å². The lowest BCUT2D eigenvalue weighted by atomic mass is 9.92. The molecule has 0 spiro atoms. The third-order valence-electron chi connectivity index (χ3n) is 5.98. The van der Waals surface area contributed by atoms with Gasteiger partial charge in [0.05, 0.1) is 12.8 Å². The van der Waals surface area contributed by atoms with Gasteiger partial charge in [-0.15, -0.1) is 5.10 Å². The number of phenolic OH excluding ortho intramolecular Hbond substituents is 1. The summed E-state index contributed by atoms with van der Waals surface area (Å²) in [5.74, 6) is -4.72. The fraction of sp³-hybridized carbons (Fsp3) is 0.273. The van der Waals surface area contributed by atoms with Gasteiger partial charge in [-0.2, -0.15) is 5.10 Å². The molecule has 5 rings (SSSR count). The van der Waals surface area contributed by atoms with E-state index in [1.807, 2.05) is 0 Å². The maximum Gasteiger partial charge on any atom is 0.194 e. The number of hydrogen-bond donors (Lipinski definition) is 4. The molecule has 3 heterocycles. The topological polar surface area (TPSA) is 152 Å². The standard InChI is InChI=1S/C22H18ClF3N6O5/c23-10-1-2-14(15(34)5-10)32-22(27-8-28-32)21-20(36)18(19(35)16(7-33)37-21)31-6-13(29-30-31)9-3-11(24)17(26)12(25)4-9/h1-6,8,16,18-21,33-36H,7H2/t16-,18+,19+,20-,21-/m1/s1. The summed E-state index contributed by atoms with van der Waals surface area (Å²) in [5, 5.41) is 54.3. The van der Waals surface area contributed by atoms with Crippen molar-refractivity contribution in [2.24, 2.45) is 0 Å². The van der Waals surface area contributed by atoms with Crippen molar-refractivity contribution in [3.63, 3.8) is 0 Å². The zero-order valence-corrected chi connectivity index (χ0v) is 19.3. The number of benzene rings is 2. The van der Waals surface area contributed by atoms with E-state index in [9.17, 15) is 33.6 Å². The largest absolute Gasteiger partial charge is 0.506 e. The smallest absolute Gasteiger partial charge is 0.194 e. The average Bonchev–Trinajstić information content (AvgIpc) is 3.53. The van der Waals surface area contributed by atoms with E-state index in [1.54, 1.807) is 0 Å². The molecular formula is C22H18ClF3N6O5. The third-order valence-corrected chi connectivity index (χ3v) is 6.22. The molecule has 0 saturated carbocycles. The van der Waals surface area contributed by atoms with Crippen LogP contribution < -0.4 is 0 Å². The molecule has 0 aliphatic carbocycles. The fourth-order valence-corrected chi connectivity index (χ4v) is 4.36. The summed E-state index contributed by atoms with van der Waals surface area (Å²) in [7, 11) is 0. The van der Waals surface area contributed by atoms with Crippen LogP contribution in [0.4, 0.5) is 13.2 Å². The summed E-state index contributed by atoms with van der Waals surface area (Å²) in [6, 6.07) is 4.42. The molecule has 2 aromatic carbocycles. The molecule has 0 unspecified atom stereocenters. The predicted molar refractivity (Wildman–Crippen MR) is 119 cm³/mol. The molecule has 1 fully saturated rings. The Kier molecular flexibility index (Phi) is 6.59. The minimum atomic E-state index is -1.64. The summed E-state index contributed by atoms with van der Waals surface area (Å²) in [6.45, 7) is -0.656. The second-order valence-corrected chi connectivity index (χ2v) is 8.69. The second kappa shape index (κ2) is 9.72. The highest BCUT2D eigenvalue weighted by Crippen LogP contribution is 2.39. The highest BCUT2D eigenvalue weighted by atomic mass is 35.5. The fourth-order valence-electron chi connectivity index (χ4n) is 4.19. The molecule has 5 atom stereocenters. The second-order valence-electron chi connectivity index (χ2n) is 8.25. The van der Waals surface area contributed by atoms with E-state index in [0.717, 1.165) is 23.1 Å². The van der Waals surface area contributed by atoms with Crippen LogP contribution in [0.3, 0.4) is 0 Å². The Morgan fingerprint density at radius 3 is 2.46 bits per heavy atom. The van der Waals surface area contributed by atoms with Crippen LogP contribution in [-0.4, -0.2) is 75.1 Å². The van der Waals surface area contributed by atoms with Crippen molar-refractivity contribution in [2.45, 2.75) is 30.5 Å². The minimum Gasteiger partial charge on any atom is -0.506 e. The first-order valence-corrected chi connectivity index (χ1v) is 11.2. The van der Waals surface area contributed by atoms with Gasteiger partial charge in [-0.1, -0.05) is 16.8 Å². The summed E-state index contributed by atoms with van der Waals surface area (Å²) in [5.41, 5.74) is -0.0405. The number of ether oxygens (including phenoxy) is 1. The molecule has 0 amide bonds. The Labute approximate surface area is 210 Å². The van der Waals surface area contributed by atoms with Gasteiger partial charge in [0.15, 0.2) is 23.3 Å². The third kappa shape index (κ3) is 4.42. The van der Waals surface area contributed by atoms with E-state index in [4.69, 9.17) is 16.3 Å². The molecule has 37 heavy (non-hydrogen) atoms. The van der Waals surface area contributed by atoms with E-state index in [2.05, 4.69) is 20.4 Å².